The summed E-state index contributed by atoms with van der Waals surface area (Å²) in [6, 6.07) is 1.69. The fourth-order valence-electron chi connectivity index (χ4n) is 1.93. The lowest BCUT2D eigenvalue weighted by atomic mass is 10.3. The molecule has 0 fully saturated rings. The molecule has 0 saturated heterocycles. The average molecular weight is 386 g/mol. The maximum atomic E-state index is 8.85. The number of pyridine rings is 1. The van der Waals surface area contributed by atoms with E-state index in [1.165, 1.54) is 0 Å². The predicted molar refractivity (Wildman–Crippen MR) is 92.4 cm³/mol. The third-order valence-corrected chi connectivity index (χ3v) is 2.93. The van der Waals surface area contributed by atoms with Crippen LogP contribution in [0, 0.1) is 0 Å². The Labute approximate surface area is 154 Å². The van der Waals surface area contributed by atoms with Crippen LogP contribution in [0.1, 0.15) is 6.42 Å². The van der Waals surface area contributed by atoms with Crippen LogP contribution in [0.4, 0.5) is 17.2 Å². The van der Waals surface area contributed by atoms with E-state index in [9.17, 15) is 0 Å². The Morgan fingerprint density at radius 3 is 2.70 bits per heavy atom. The van der Waals surface area contributed by atoms with Gasteiger partial charge in [0.05, 0.1) is 30.7 Å². The largest absolute Gasteiger partial charge is 1.00 e. The lowest BCUT2D eigenvalue weighted by Crippen LogP contribution is -3.00. The van der Waals surface area contributed by atoms with Crippen molar-refractivity contribution in [1.82, 2.24) is 9.55 Å². The van der Waals surface area contributed by atoms with Gasteiger partial charge < -0.3 is 34.3 Å². The molecule has 0 aliphatic rings. The number of aromatic nitrogens is 3. The van der Waals surface area contributed by atoms with Crippen molar-refractivity contribution >= 4 is 42.0 Å². The zero-order valence-corrected chi connectivity index (χ0v) is 14.9. The minimum atomic E-state index is 0. The number of hydrogen-bond donors (Lipinski definition) is 4. The Balaban J connectivity index is 0. The maximum Gasteiger partial charge on any atom is 0.243 e. The first-order valence-electron chi connectivity index (χ1n) is 6.59. The number of aryl methyl sites for hydroxylation is 1. The monoisotopic (exact) mass is 384 g/mol. The zero-order chi connectivity index (χ0) is 14.4. The molecule has 2 heterocycles. The van der Waals surface area contributed by atoms with E-state index in [0.717, 1.165) is 19.5 Å². The molecular formula is C13H23Cl3N6O. The molecule has 2 rings (SSSR count). The lowest BCUT2D eigenvalue weighted by molar-refractivity contribution is -0.696. The maximum absolute atomic E-state index is 8.85. The zero-order valence-electron chi connectivity index (χ0n) is 12.6. The average Bonchev–Trinajstić information content (AvgIpc) is 2.85. The van der Waals surface area contributed by atoms with E-state index in [0.29, 0.717) is 23.7 Å². The third kappa shape index (κ3) is 7.60. The van der Waals surface area contributed by atoms with Gasteiger partial charge in [0.25, 0.3) is 0 Å². The summed E-state index contributed by atoms with van der Waals surface area (Å²) < 4.78 is 4.03. The van der Waals surface area contributed by atoms with E-state index in [1.54, 1.807) is 12.3 Å². The summed E-state index contributed by atoms with van der Waals surface area (Å²) in [4.78, 5) is 4.15. The lowest BCUT2D eigenvalue weighted by Gasteiger charge is -2.07. The Bertz CT molecular complexity index is 566. The molecule has 10 heteroatoms. The molecule has 2 aromatic heterocycles. The van der Waals surface area contributed by atoms with Gasteiger partial charge in [-0.2, -0.15) is 0 Å². The highest BCUT2D eigenvalue weighted by Crippen LogP contribution is 2.16. The van der Waals surface area contributed by atoms with Crippen LogP contribution in [0.3, 0.4) is 0 Å². The number of nitrogens with one attached hydrogen (secondary N) is 1. The van der Waals surface area contributed by atoms with E-state index in [4.69, 9.17) is 16.6 Å². The van der Waals surface area contributed by atoms with Crippen LogP contribution in [0.2, 0.25) is 0 Å². The highest BCUT2D eigenvalue weighted by molar-refractivity contribution is 5.85. The summed E-state index contributed by atoms with van der Waals surface area (Å²) >= 11 is 0. The topological polar surface area (TPSA) is 106 Å². The van der Waals surface area contributed by atoms with Crippen LogP contribution in [0.5, 0.6) is 0 Å². The van der Waals surface area contributed by atoms with Crippen molar-refractivity contribution in [3.63, 3.8) is 0 Å². The van der Waals surface area contributed by atoms with Gasteiger partial charge in [-0.05, 0) is 6.07 Å². The van der Waals surface area contributed by atoms with Crippen molar-refractivity contribution in [1.29, 1.82) is 0 Å². The van der Waals surface area contributed by atoms with Gasteiger partial charge in [-0.1, -0.05) is 0 Å². The van der Waals surface area contributed by atoms with Crippen molar-refractivity contribution in [2.75, 3.05) is 29.9 Å². The SMILES string of the molecule is Cl.Cl.Nc1cnc(NCCC[n+]2ccn(CCO)c2)c(N)c1.[Cl-]. The second-order valence-corrected chi connectivity index (χ2v) is 4.60. The molecule has 7 nitrogen and oxygen atoms in total. The van der Waals surface area contributed by atoms with E-state index < -0.39 is 0 Å². The van der Waals surface area contributed by atoms with Gasteiger partial charge in [0.15, 0.2) is 0 Å². The molecule has 0 atom stereocenters. The van der Waals surface area contributed by atoms with Crippen LogP contribution in [-0.4, -0.2) is 27.8 Å². The summed E-state index contributed by atoms with van der Waals surface area (Å²) in [5.41, 5.74) is 12.5. The highest BCUT2D eigenvalue weighted by Gasteiger charge is 2.04. The van der Waals surface area contributed by atoms with Gasteiger partial charge >= 0.3 is 0 Å². The molecule has 0 aliphatic carbocycles. The van der Waals surface area contributed by atoms with Crippen LogP contribution < -0.4 is 33.8 Å². The molecule has 0 bridgehead atoms. The molecule has 0 unspecified atom stereocenters. The van der Waals surface area contributed by atoms with Crippen molar-refractivity contribution in [2.45, 2.75) is 19.5 Å². The number of aliphatic hydroxyl groups excluding tert-OH is 1. The van der Waals surface area contributed by atoms with E-state index in [2.05, 4.69) is 14.9 Å². The number of aliphatic hydroxyl groups is 1. The van der Waals surface area contributed by atoms with Crippen molar-refractivity contribution in [2.24, 2.45) is 0 Å². The molecular weight excluding hydrogens is 363 g/mol. The van der Waals surface area contributed by atoms with Gasteiger partial charge in [-0.3, -0.25) is 0 Å². The molecule has 132 valence electrons. The summed E-state index contributed by atoms with van der Waals surface area (Å²) in [6.45, 7) is 2.44. The normalized spacial score (nSPS) is 9.26. The number of imidazole rings is 1. The quantitative estimate of drug-likeness (QED) is 0.316. The number of hydrogen-bond acceptors (Lipinski definition) is 5. The fraction of sp³-hybridized carbons (Fsp3) is 0.385. The Hall–Kier alpha value is -1.41. The van der Waals surface area contributed by atoms with Crippen LogP contribution >= 0.6 is 24.8 Å². The minimum Gasteiger partial charge on any atom is -1.00 e. The number of nitrogen functional groups attached to an aromatic ring is 2. The predicted octanol–water partition coefficient (Wildman–Crippen LogP) is -2.32. The van der Waals surface area contributed by atoms with E-state index in [1.807, 2.05) is 23.3 Å². The smallest absolute Gasteiger partial charge is 0.243 e. The first kappa shape index (κ1) is 23.9. The van der Waals surface area contributed by atoms with Gasteiger partial charge in [0, 0.05) is 13.0 Å². The molecule has 0 spiro atoms. The molecule has 6 N–H and O–H groups in total. The second-order valence-electron chi connectivity index (χ2n) is 4.60. The van der Waals surface area contributed by atoms with Crippen molar-refractivity contribution in [3.05, 3.63) is 31.0 Å². The molecule has 0 aliphatic heterocycles. The number of nitrogens with two attached hydrogens (primary N) is 2. The summed E-state index contributed by atoms with van der Waals surface area (Å²) in [5, 5.41) is 12.0. The van der Waals surface area contributed by atoms with E-state index >= 15 is 0 Å². The minimum absolute atomic E-state index is 0. The Morgan fingerprint density at radius 1 is 1.30 bits per heavy atom. The number of rotatable bonds is 7. The third-order valence-electron chi connectivity index (χ3n) is 2.93. The number of anilines is 3. The second kappa shape index (κ2) is 12.1. The van der Waals surface area contributed by atoms with Gasteiger partial charge in [0.2, 0.25) is 6.33 Å². The molecule has 0 radical (unpaired) electrons. The van der Waals surface area contributed by atoms with Crippen LogP contribution in [0.25, 0.3) is 0 Å². The first-order valence-corrected chi connectivity index (χ1v) is 6.59. The fourth-order valence-corrected chi connectivity index (χ4v) is 1.93. The van der Waals surface area contributed by atoms with Crippen LogP contribution in [0.15, 0.2) is 31.0 Å². The van der Waals surface area contributed by atoms with Gasteiger partial charge in [-0.15, -0.1) is 24.8 Å². The van der Waals surface area contributed by atoms with Crippen molar-refractivity contribution < 1.29 is 22.1 Å². The van der Waals surface area contributed by atoms with Gasteiger partial charge in [0.1, 0.15) is 24.8 Å². The standard InChI is InChI=1S/C13H21N6O.3ClH/c14-11-8-12(15)13(17-9-11)16-2-1-3-18-4-5-19(10-18)6-7-20;;;/h4-5,8-10,20H,1-3,6-7,14-15H2,(H,16,17);3*1H/q+1;;;/p-1. The summed E-state index contributed by atoms with van der Waals surface area (Å²) in [6.07, 6.45) is 8.45. The molecule has 0 saturated carbocycles. The number of halogens is 3. The van der Waals surface area contributed by atoms with Gasteiger partial charge in [-0.25, -0.2) is 14.1 Å². The molecule has 23 heavy (non-hydrogen) atoms. The highest BCUT2D eigenvalue weighted by atomic mass is 35.5. The van der Waals surface area contributed by atoms with Crippen LogP contribution in [-0.2, 0) is 13.1 Å². The first-order chi connectivity index (χ1) is 9.69. The summed E-state index contributed by atoms with van der Waals surface area (Å²) in [7, 11) is 0. The molecule has 0 aromatic carbocycles. The molecule has 2 aromatic rings. The van der Waals surface area contributed by atoms with E-state index in [-0.39, 0.29) is 43.8 Å². The Morgan fingerprint density at radius 2 is 2.04 bits per heavy atom. The Kier molecular flexibility index (Phi) is 12.5. The summed E-state index contributed by atoms with van der Waals surface area (Å²) in [5.74, 6) is 0.669. The molecule has 0 amide bonds. The van der Waals surface area contributed by atoms with Crippen molar-refractivity contribution in [3.8, 4) is 0 Å². The number of nitrogens with zero attached hydrogens (tertiary/aromatic N) is 3.